The largest absolute Gasteiger partial charge is 0.375 e. The third-order valence-electron chi connectivity index (χ3n) is 2.68. The predicted molar refractivity (Wildman–Crippen MR) is 83.9 cm³/mol. The van der Waals surface area contributed by atoms with Crippen molar-refractivity contribution in [3.8, 4) is 0 Å². The number of para-hydroxylation sites is 1. The number of benzene rings is 1. The number of nitrogens with one attached hydrogen (secondary N) is 1. The van der Waals surface area contributed by atoms with Gasteiger partial charge < -0.3 is 11.1 Å². The van der Waals surface area contributed by atoms with Crippen LogP contribution < -0.4 is 11.1 Å². The van der Waals surface area contributed by atoms with E-state index in [2.05, 4.69) is 31.2 Å². The number of carbonyl (C=O) groups excluding carboxylic acids is 1. The molecule has 100 valence electrons. The second-order valence-electron chi connectivity index (χ2n) is 4.06. The van der Waals surface area contributed by atoms with E-state index in [1.807, 2.05) is 18.2 Å². The summed E-state index contributed by atoms with van der Waals surface area (Å²) < 4.78 is 0.890. The Bertz CT molecular complexity index is 802. The van der Waals surface area contributed by atoms with Crippen molar-refractivity contribution in [1.82, 2.24) is 9.97 Å². The summed E-state index contributed by atoms with van der Waals surface area (Å²) in [4.78, 5) is 20.4. The van der Waals surface area contributed by atoms with Crippen LogP contribution in [0.2, 0.25) is 0 Å². The maximum absolute atomic E-state index is 12.1. The molecule has 0 aliphatic rings. The van der Waals surface area contributed by atoms with Crippen molar-refractivity contribution in [3.63, 3.8) is 0 Å². The standard InChI is InChI=1S/C13H9BrN4OS/c14-8-4-7-2-1-3-9(11(7)16-5-8)17-12(19)10-6-20-13(15)18-10/h1-6H,(H2,15,18)(H,17,19). The van der Waals surface area contributed by atoms with Gasteiger partial charge in [-0.25, -0.2) is 4.98 Å². The molecule has 1 amide bonds. The van der Waals surface area contributed by atoms with E-state index in [4.69, 9.17) is 5.73 Å². The Labute approximate surface area is 127 Å². The van der Waals surface area contributed by atoms with Gasteiger partial charge >= 0.3 is 0 Å². The van der Waals surface area contributed by atoms with Crippen molar-refractivity contribution < 1.29 is 4.79 Å². The van der Waals surface area contributed by atoms with Crippen LogP contribution in [0.3, 0.4) is 0 Å². The number of carbonyl (C=O) groups is 1. The zero-order chi connectivity index (χ0) is 14.1. The van der Waals surface area contributed by atoms with Crippen molar-refractivity contribution in [3.05, 3.63) is 46.0 Å². The van der Waals surface area contributed by atoms with Gasteiger partial charge in [0.05, 0.1) is 11.2 Å². The summed E-state index contributed by atoms with van der Waals surface area (Å²) in [6.45, 7) is 0. The minimum atomic E-state index is -0.296. The first kappa shape index (κ1) is 13.0. The molecule has 3 rings (SSSR count). The molecule has 0 aliphatic carbocycles. The average Bonchev–Trinajstić information content (AvgIpc) is 2.85. The summed E-state index contributed by atoms with van der Waals surface area (Å²) in [6.07, 6.45) is 1.69. The fraction of sp³-hybridized carbons (Fsp3) is 0. The average molecular weight is 349 g/mol. The molecule has 5 nitrogen and oxygen atoms in total. The van der Waals surface area contributed by atoms with Crippen molar-refractivity contribution in [2.75, 3.05) is 11.1 Å². The lowest BCUT2D eigenvalue weighted by molar-refractivity contribution is 0.102. The van der Waals surface area contributed by atoms with Crippen LogP contribution in [0, 0.1) is 0 Å². The lowest BCUT2D eigenvalue weighted by Gasteiger charge is -2.07. The number of rotatable bonds is 2. The van der Waals surface area contributed by atoms with Gasteiger partial charge in [-0.2, -0.15) is 0 Å². The Morgan fingerprint density at radius 2 is 2.25 bits per heavy atom. The number of aromatic nitrogens is 2. The summed E-state index contributed by atoms with van der Waals surface area (Å²) in [5.41, 5.74) is 7.21. The van der Waals surface area contributed by atoms with E-state index in [1.165, 1.54) is 11.3 Å². The molecular weight excluding hydrogens is 340 g/mol. The maximum Gasteiger partial charge on any atom is 0.275 e. The van der Waals surface area contributed by atoms with Gasteiger partial charge in [0, 0.05) is 21.4 Å². The van der Waals surface area contributed by atoms with Crippen molar-refractivity contribution >= 4 is 54.9 Å². The summed E-state index contributed by atoms with van der Waals surface area (Å²) in [5, 5.41) is 5.74. The molecule has 2 heterocycles. The lowest BCUT2D eigenvalue weighted by Crippen LogP contribution is -2.12. The normalized spacial score (nSPS) is 10.7. The minimum Gasteiger partial charge on any atom is -0.375 e. The molecule has 3 N–H and O–H groups in total. The van der Waals surface area contributed by atoms with Gasteiger partial charge in [0.15, 0.2) is 5.13 Å². The molecule has 3 aromatic rings. The first-order valence-electron chi connectivity index (χ1n) is 5.70. The third kappa shape index (κ3) is 2.50. The number of anilines is 2. The van der Waals surface area contributed by atoms with Crippen molar-refractivity contribution in [2.24, 2.45) is 0 Å². The summed E-state index contributed by atoms with van der Waals surface area (Å²) in [5.74, 6) is -0.296. The Morgan fingerprint density at radius 3 is 3.00 bits per heavy atom. The monoisotopic (exact) mass is 348 g/mol. The van der Waals surface area contributed by atoms with Gasteiger partial charge in [0.1, 0.15) is 5.69 Å². The Kier molecular flexibility index (Phi) is 3.37. The molecule has 0 spiro atoms. The van der Waals surface area contributed by atoms with Crippen LogP contribution in [0.15, 0.2) is 40.3 Å². The van der Waals surface area contributed by atoms with E-state index in [0.717, 1.165) is 15.4 Å². The molecule has 20 heavy (non-hydrogen) atoms. The summed E-state index contributed by atoms with van der Waals surface area (Å²) in [6, 6.07) is 7.54. The second kappa shape index (κ2) is 5.18. The number of pyridine rings is 1. The molecule has 0 fully saturated rings. The zero-order valence-corrected chi connectivity index (χ0v) is 12.5. The molecule has 0 unspecified atom stereocenters. The summed E-state index contributed by atoms with van der Waals surface area (Å²) >= 11 is 4.61. The fourth-order valence-electron chi connectivity index (χ4n) is 1.81. The molecule has 0 radical (unpaired) electrons. The van der Waals surface area contributed by atoms with Gasteiger partial charge in [-0.05, 0) is 28.1 Å². The summed E-state index contributed by atoms with van der Waals surface area (Å²) in [7, 11) is 0. The number of halogens is 1. The van der Waals surface area contributed by atoms with Crippen LogP contribution in [0.25, 0.3) is 10.9 Å². The van der Waals surface area contributed by atoms with Crippen molar-refractivity contribution in [1.29, 1.82) is 0 Å². The fourth-order valence-corrected chi connectivity index (χ4v) is 2.71. The Balaban J connectivity index is 1.97. The number of nitrogen functional groups attached to an aromatic ring is 1. The van der Waals surface area contributed by atoms with E-state index in [9.17, 15) is 4.79 Å². The number of nitrogens with two attached hydrogens (primary N) is 1. The van der Waals surface area contributed by atoms with Crippen LogP contribution in [0.4, 0.5) is 10.8 Å². The number of fused-ring (bicyclic) bond motifs is 1. The molecule has 0 saturated heterocycles. The highest BCUT2D eigenvalue weighted by Gasteiger charge is 2.12. The van der Waals surface area contributed by atoms with Crippen LogP contribution in [-0.2, 0) is 0 Å². The maximum atomic E-state index is 12.1. The molecule has 1 aromatic carbocycles. The zero-order valence-electron chi connectivity index (χ0n) is 10.1. The lowest BCUT2D eigenvalue weighted by atomic mass is 10.2. The highest BCUT2D eigenvalue weighted by Crippen LogP contribution is 2.24. The first-order chi connectivity index (χ1) is 9.63. The van der Waals surface area contributed by atoms with E-state index < -0.39 is 0 Å². The number of thiazole rings is 1. The van der Waals surface area contributed by atoms with Crippen molar-refractivity contribution in [2.45, 2.75) is 0 Å². The predicted octanol–water partition coefficient (Wildman–Crippen LogP) is 3.29. The van der Waals surface area contributed by atoms with E-state index in [0.29, 0.717) is 16.5 Å². The van der Waals surface area contributed by atoms with Gasteiger partial charge in [0.25, 0.3) is 5.91 Å². The highest BCUT2D eigenvalue weighted by molar-refractivity contribution is 9.10. The Hall–Kier alpha value is -1.99. The SMILES string of the molecule is Nc1nc(C(=O)Nc2cccc3cc(Br)cnc23)cs1. The Morgan fingerprint density at radius 1 is 1.40 bits per heavy atom. The van der Waals surface area contributed by atoms with E-state index in [1.54, 1.807) is 17.6 Å². The van der Waals surface area contributed by atoms with Crippen LogP contribution in [0.1, 0.15) is 10.5 Å². The number of amides is 1. The van der Waals surface area contributed by atoms with E-state index >= 15 is 0 Å². The number of hydrogen-bond donors (Lipinski definition) is 2. The second-order valence-corrected chi connectivity index (χ2v) is 5.86. The van der Waals surface area contributed by atoms with Crippen LogP contribution in [-0.4, -0.2) is 15.9 Å². The number of nitrogens with zero attached hydrogens (tertiary/aromatic N) is 2. The molecule has 0 bridgehead atoms. The van der Waals surface area contributed by atoms with Gasteiger partial charge in [-0.15, -0.1) is 11.3 Å². The topological polar surface area (TPSA) is 80.9 Å². The molecule has 0 atom stereocenters. The van der Waals surface area contributed by atoms with Gasteiger partial charge in [-0.1, -0.05) is 12.1 Å². The smallest absolute Gasteiger partial charge is 0.275 e. The quantitative estimate of drug-likeness (QED) is 0.744. The number of hydrogen-bond acceptors (Lipinski definition) is 5. The van der Waals surface area contributed by atoms with Gasteiger partial charge in [0.2, 0.25) is 0 Å². The molecule has 2 aromatic heterocycles. The molecule has 7 heteroatoms. The molecule has 0 saturated carbocycles. The third-order valence-corrected chi connectivity index (χ3v) is 3.79. The van der Waals surface area contributed by atoms with Crippen LogP contribution in [0.5, 0.6) is 0 Å². The highest BCUT2D eigenvalue weighted by atomic mass is 79.9. The molecular formula is C13H9BrN4OS. The minimum absolute atomic E-state index is 0.296. The van der Waals surface area contributed by atoms with E-state index in [-0.39, 0.29) is 5.91 Å². The van der Waals surface area contributed by atoms with Crippen LogP contribution >= 0.6 is 27.3 Å². The molecule has 0 aliphatic heterocycles. The first-order valence-corrected chi connectivity index (χ1v) is 7.37. The van der Waals surface area contributed by atoms with Gasteiger partial charge in [-0.3, -0.25) is 9.78 Å².